The van der Waals surface area contributed by atoms with Gasteiger partial charge in [0.15, 0.2) is 0 Å². The summed E-state index contributed by atoms with van der Waals surface area (Å²) in [5, 5.41) is 3.27. The van der Waals surface area contributed by atoms with Crippen LogP contribution in [0.5, 0.6) is 0 Å². The van der Waals surface area contributed by atoms with Crippen molar-refractivity contribution in [3.63, 3.8) is 0 Å². The van der Waals surface area contributed by atoms with Crippen LogP contribution >= 0.6 is 0 Å². The molecule has 10 nitrogen and oxygen atoms in total. The molecule has 2 aromatic rings. The molecule has 3 aliphatic rings. The molecule has 0 aliphatic carbocycles. The lowest BCUT2D eigenvalue weighted by Gasteiger charge is -2.46. The van der Waals surface area contributed by atoms with Gasteiger partial charge in [-0.25, -0.2) is 9.19 Å². The topological polar surface area (TPSA) is 121 Å². The van der Waals surface area contributed by atoms with Crippen molar-refractivity contribution in [3.05, 3.63) is 47.9 Å². The van der Waals surface area contributed by atoms with E-state index in [9.17, 15) is 4.21 Å². The molecule has 3 N–H and O–H groups in total. The van der Waals surface area contributed by atoms with Crippen LogP contribution in [0.15, 0.2) is 51.7 Å². The minimum absolute atomic E-state index is 0.0918. The molecule has 4 heterocycles. The zero-order valence-electron chi connectivity index (χ0n) is 24.4. The number of nitrogens with zero attached hydrogens (tertiary/aromatic N) is 6. The van der Waals surface area contributed by atoms with Gasteiger partial charge in [-0.15, -0.1) is 0 Å². The van der Waals surface area contributed by atoms with Gasteiger partial charge in [0.2, 0.25) is 5.95 Å². The van der Waals surface area contributed by atoms with Crippen LogP contribution in [0.1, 0.15) is 45.6 Å². The van der Waals surface area contributed by atoms with Crippen molar-refractivity contribution in [2.45, 2.75) is 63.1 Å². The Morgan fingerprint density at radius 3 is 2.70 bits per heavy atom. The monoisotopic (exact) mass is 566 g/mol. The normalized spacial score (nSPS) is 25.6. The lowest BCUT2D eigenvalue weighted by molar-refractivity contribution is -0.0892. The fraction of sp³-hybridized carbons (Fsp3) is 0.552. The SMILES string of the molecule is CN1CCC(N=C/C(=C\N)Nc2ncc3c(n2)N(c2cccc(N=S(C)(C)=O)c2)[C@H]2CC(C)(C)OC[C@@]32C)CC1. The average Bonchev–Trinajstić information content (AvgIpc) is 3.13. The molecule has 11 heteroatoms. The molecule has 5 rings (SSSR count). The first kappa shape index (κ1) is 28.5. The minimum Gasteiger partial charge on any atom is -0.403 e. The molecule has 1 aromatic heterocycles. The molecule has 1 aromatic carbocycles. The number of allylic oxidation sites excluding steroid dienone is 1. The number of aromatic nitrogens is 2. The second-order valence-corrected chi connectivity index (χ2v) is 14.9. The molecule has 3 aliphatic heterocycles. The van der Waals surface area contributed by atoms with Gasteiger partial charge in [0.05, 0.1) is 35.7 Å². The first-order chi connectivity index (χ1) is 18.9. The molecule has 0 radical (unpaired) electrons. The Morgan fingerprint density at radius 2 is 2.00 bits per heavy atom. The van der Waals surface area contributed by atoms with Crippen LogP contribution in [-0.2, 0) is 19.9 Å². The quantitative estimate of drug-likeness (QED) is 0.500. The summed E-state index contributed by atoms with van der Waals surface area (Å²) in [5.41, 5.74) is 8.68. The molecule has 0 unspecified atom stereocenters. The molecule has 0 spiro atoms. The van der Waals surface area contributed by atoms with Crippen molar-refractivity contribution in [2.75, 3.05) is 49.5 Å². The maximum absolute atomic E-state index is 12.4. The second-order valence-electron chi connectivity index (χ2n) is 12.3. The highest BCUT2D eigenvalue weighted by atomic mass is 32.2. The van der Waals surface area contributed by atoms with Crippen LogP contribution in [0, 0.1) is 0 Å². The van der Waals surface area contributed by atoms with E-state index in [0.717, 1.165) is 49.4 Å². The van der Waals surface area contributed by atoms with Crippen LogP contribution in [0.2, 0.25) is 0 Å². The van der Waals surface area contributed by atoms with Gasteiger partial charge in [-0.2, -0.15) is 9.35 Å². The Balaban J connectivity index is 1.50. The summed E-state index contributed by atoms with van der Waals surface area (Å²) in [5.74, 6) is 1.27. The zero-order valence-corrected chi connectivity index (χ0v) is 25.2. The van der Waals surface area contributed by atoms with Crippen molar-refractivity contribution in [1.82, 2.24) is 14.9 Å². The molecular formula is C29H42N8O2S. The molecule has 2 fully saturated rings. The second kappa shape index (κ2) is 10.8. The van der Waals surface area contributed by atoms with Crippen molar-refractivity contribution in [2.24, 2.45) is 15.1 Å². The maximum Gasteiger partial charge on any atom is 0.229 e. The van der Waals surface area contributed by atoms with E-state index in [1.807, 2.05) is 24.4 Å². The average molecular weight is 567 g/mol. The molecule has 0 bridgehead atoms. The smallest absolute Gasteiger partial charge is 0.229 e. The van der Waals surface area contributed by atoms with E-state index in [4.69, 9.17) is 20.4 Å². The van der Waals surface area contributed by atoms with Gasteiger partial charge in [0, 0.05) is 57.5 Å². The summed E-state index contributed by atoms with van der Waals surface area (Å²) in [4.78, 5) is 19.1. The number of ether oxygens (including phenoxy) is 1. The van der Waals surface area contributed by atoms with Crippen LogP contribution in [0.3, 0.4) is 0 Å². The predicted molar refractivity (Wildman–Crippen MR) is 163 cm³/mol. The fourth-order valence-electron chi connectivity index (χ4n) is 5.82. The standard InChI is InChI=1S/C29H42N8O2S/c1-28(2)15-25-29(3,19-39-28)24-18-32-27(33-22(16-30)17-31-20-10-12-36(4)13-11-20)34-26(24)37(25)23-9-7-8-21(14-23)35-40(5,6)38/h7-9,14,16-18,20,25H,10-13,15,19,30H2,1-6H3,(H,32,33,34)/b22-16+,31-17?/t25-,29-/m0/s1. The van der Waals surface area contributed by atoms with Gasteiger partial charge in [-0.1, -0.05) is 13.0 Å². The number of nitrogens with one attached hydrogen (secondary N) is 1. The Kier molecular flexibility index (Phi) is 7.66. The minimum atomic E-state index is -2.30. The molecule has 0 amide bonds. The number of fused-ring (bicyclic) bond motifs is 3. The van der Waals surface area contributed by atoms with Crippen molar-refractivity contribution in [3.8, 4) is 0 Å². The highest BCUT2D eigenvalue weighted by molar-refractivity contribution is 7.92. The third-order valence-electron chi connectivity index (χ3n) is 8.09. The Labute approximate surface area is 238 Å². The Bertz CT molecular complexity index is 1430. The van der Waals surface area contributed by atoms with Gasteiger partial charge in [0.1, 0.15) is 5.82 Å². The van der Waals surface area contributed by atoms with E-state index < -0.39 is 9.73 Å². The molecule has 216 valence electrons. The van der Waals surface area contributed by atoms with Crippen molar-refractivity contribution < 1.29 is 8.95 Å². The number of rotatable bonds is 6. The van der Waals surface area contributed by atoms with Gasteiger partial charge >= 0.3 is 0 Å². The van der Waals surface area contributed by atoms with Crippen LogP contribution < -0.4 is 16.0 Å². The number of aliphatic imine (C=N–C) groups is 1. The summed E-state index contributed by atoms with van der Waals surface area (Å²) in [7, 11) is -0.163. The van der Waals surface area contributed by atoms with E-state index in [2.05, 4.69) is 58.3 Å². The Hall–Kier alpha value is -3.02. The van der Waals surface area contributed by atoms with Gasteiger partial charge in [0.25, 0.3) is 0 Å². The lowest BCUT2D eigenvalue weighted by atomic mass is 9.73. The third-order valence-corrected chi connectivity index (χ3v) is 8.74. The van der Waals surface area contributed by atoms with Gasteiger partial charge in [-0.3, -0.25) is 4.99 Å². The lowest BCUT2D eigenvalue weighted by Crippen LogP contribution is -2.54. The zero-order chi connectivity index (χ0) is 28.7. The third kappa shape index (κ3) is 6.01. The van der Waals surface area contributed by atoms with E-state index in [1.165, 1.54) is 6.20 Å². The summed E-state index contributed by atoms with van der Waals surface area (Å²) < 4.78 is 23.2. The molecule has 0 saturated carbocycles. The number of anilines is 3. The van der Waals surface area contributed by atoms with Gasteiger partial charge < -0.3 is 25.6 Å². The van der Waals surface area contributed by atoms with E-state index >= 15 is 0 Å². The molecule has 40 heavy (non-hydrogen) atoms. The largest absolute Gasteiger partial charge is 0.403 e. The molecule has 2 saturated heterocycles. The van der Waals surface area contributed by atoms with Crippen LogP contribution in [0.4, 0.5) is 23.1 Å². The molecular weight excluding hydrogens is 524 g/mol. The Morgan fingerprint density at radius 1 is 1.25 bits per heavy atom. The fourth-order valence-corrected chi connectivity index (χ4v) is 6.44. The highest BCUT2D eigenvalue weighted by Crippen LogP contribution is 2.53. The first-order valence-corrected chi connectivity index (χ1v) is 16.2. The number of hydrogen-bond donors (Lipinski definition) is 2. The summed E-state index contributed by atoms with van der Waals surface area (Å²) >= 11 is 0. The number of piperidine rings is 1. The van der Waals surface area contributed by atoms with Crippen LogP contribution in [0.25, 0.3) is 0 Å². The van der Waals surface area contributed by atoms with Crippen molar-refractivity contribution in [1.29, 1.82) is 0 Å². The maximum atomic E-state index is 12.4. The number of nitrogens with two attached hydrogens (primary N) is 1. The predicted octanol–water partition coefficient (Wildman–Crippen LogP) is 4.19. The van der Waals surface area contributed by atoms with Crippen LogP contribution in [-0.4, -0.2) is 82.2 Å². The van der Waals surface area contributed by atoms with E-state index in [1.54, 1.807) is 18.7 Å². The number of likely N-dealkylation sites (tertiary alicyclic amines) is 1. The van der Waals surface area contributed by atoms with Gasteiger partial charge in [-0.05, 0) is 71.4 Å². The summed E-state index contributed by atoms with van der Waals surface area (Å²) in [6.45, 7) is 9.13. The van der Waals surface area contributed by atoms with E-state index in [0.29, 0.717) is 23.9 Å². The summed E-state index contributed by atoms with van der Waals surface area (Å²) in [6, 6.07) is 8.25. The number of benzene rings is 1. The van der Waals surface area contributed by atoms with Crippen molar-refractivity contribution >= 4 is 39.1 Å². The highest BCUT2D eigenvalue weighted by Gasteiger charge is 2.55. The molecule has 2 atom stereocenters. The number of hydrogen-bond acceptors (Lipinski definition) is 10. The first-order valence-electron chi connectivity index (χ1n) is 13.9. The summed E-state index contributed by atoms with van der Waals surface area (Å²) in [6.07, 6.45) is 11.4. The van der Waals surface area contributed by atoms with E-state index in [-0.39, 0.29) is 23.1 Å².